The molecule has 4 nitrogen and oxygen atoms in total. The molecule has 5 heteroatoms. The van der Waals surface area contributed by atoms with E-state index in [0.29, 0.717) is 17.9 Å². The number of ether oxygens (including phenoxy) is 2. The van der Waals surface area contributed by atoms with Crippen molar-refractivity contribution in [1.29, 1.82) is 0 Å². The van der Waals surface area contributed by atoms with Crippen molar-refractivity contribution >= 4 is 23.4 Å². The number of amides is 1. The maximum absolute atomic E-state index is 12.6. The summed E-state index contributed by atoms with van der Waals surface area (Å²) in [5.74, 6) is 1.97. The highest BCUT2D eigenvalue weighted by Gasteiger charge is 2.21. The fourth-order valence-electron chi connectivity index (χ4n) is 2.26. The molecule has 24 heavy (non-hydrogen) atoms. The number of carbonyl (C=O) groups is 1. The van der Waals surface area contributed by atoms with E-state index < -0.39 is 6.10 Å². The van der Waals surface area contributed by atoms with Gasteiger partial charge >= 0.3 is 0 Å². The molecule has 2 aromatic carbocycles. The summed E-state index contributed by atoms with van der Waals surface area (Å²) in [5.41, 5.74) is 0.816. The molecule has 0 spiro atoms. The van der Waals surface area contributed by atoms with Gasteiger partial charge < -0.3 is 14.8 Å². The van der Waals surface area contributed by atoms with Crippen LogP contribution in [0.15, 0.2) is 53.4 Å². The molecule has 0 fully saturated rings. The zero-order valence-corrected chi connectivity index (χ0v) is 15.1. The Morgan fingerprint density at radius 1 is 1.08 bits per heavy atom. The zero-order chi connectivity index (χ0) is 17.4. The molecule has 128 valence electrons. The summed E-state index contributed by atoms with van der Waals surface area (Å²) in [4.78, 5) is 13.7. The van der Waals surface area contributed by atoms with E-state index in [2.05, 4.69) is 12.2 Å². The summed E-state index contributed by atoms with van der Waals surface area (Å²) in [6.45, 7) is 4.01. The third-order valence-electron chi connectivity index (χ3n) is 3.45. The Balaban J connectivity index is 2.12. The maximum atomic E-state index is 12.6. The summed E-state index contributed by atoms with van der Waals surface area (Å²) in [6, 6.07) is 15.1. The van der Waals surface area contributed by atoms with Crippen molar-refractivity contribution in [3.8, 4) is 11.5 Å². The average Bonchev–Trinajstić information content (AvgIpc) is 2.61. The highest BCUT2D eigenvalue weighted by molar-refractivity contribution is 7.99. The molecule has 1 amide bonds. The van der Waals surface area contributed by atoms with Crippen LogP contribution in [0.25, 0.3) is 0 Å². The minimum atomic E-state index is -0.582. The molecule has 0 aliphatic rings. The van der Waals surface area contributed by atoms with Crippen molar-refractivity contribution in [2.24, 2.45) is 0 Å². The van der Waals surface area contributed by atoms with Gasteiger partial charge in [0.25, 0.3) is 5.91 Å². The number of anilines is 1. The fraction of sp³-hybridized carbons (Fsp3) is 0.316. The highest BCUT2D eigenvalue weighted by Crippen LogP contribution is 2.29. The first-order valence-corrected chi connectivity index (χ1v) is 9.00. The van der Waals surface area contributed by atoms with E-state index in [4.69, 9.17) is 9.47 Å². The molecule has 0 radical (unpaired) electrons. The summed E-state index contributed by atoms with van der Waals surface area (Å²) >= 11 is 1.70. The smallest absolute Gasteiger partial charge is 0.265 e. The Kier molecular flexibility index (Phi) is 7.00. The number of nitrogens with one attached hydrogen (secondary N) is 1. The van der Waals surface area contributed by atoms with Crippen molar-refractivity contribution in [1.82, 2.24) is 0 Å². The molecule has 1 N–H and O–H groups in total. The first-order valence-electron chi connectivity index (χ1n) is 8.01. The van der Waals surface area contributed by atoms with E-state index in [0.717, 1.165) is 16.3 Å². The fourth-order valence-corrected chi connectivity index (χ4v) is 3.02. The molecule has 1 atom stereocenters. The molecule has 0 aliphatic heterocycles. The van der Waals surface area contributed by atoms with E-state index in [1.54, 1.807) is 24.9 Å². The van der Waals surface area contributed by atoms with Crippen LogP contribution in [0.5, 0.6) is 11.5 Å². The van der Waals surface area contributed by atoms with Crippen LogP contribution in [0.4, 0.5) is 5.69 Å². The quantitative estimate of drug-likeness (QED) is 0.710. The lowest BCUT2D eigenvalue weighted by molar-refractivity contribution is -0.122. The summed E-state index contributed by atoms with van der Waals surface area (Å²) in [5, 5.41) is 2.98. The van der Waals surface area contributed by atoms with E-state index in [1.165, 1.54) is 0 Å². The topological polar surface area (TPSA) is 47.6 Å². The van der Waals surface area contributed by atoms with Crippen molar-refractivity contribution in [2.45, 2.75) is 31.3 Å². The van der Waals surface area contributed by atoms with Crippen LogP contribution < -0.4 is 14.8 Å². The molecule has 0 aliphatic carbocycles. The Bertz CT molecular complexity index is 675. The Morgan fingerprint density at radius 3 is 2.42 bits per heavy atom. The molecule has 2 aromatic rings. The molecule has 0 heterocycles. The molecule has 0 bridgehead atoms. The van der Waals surface area contributed by atoms with Crippen LogP contribution in [0.3, 0.4) is 0 Å². The summed E-state index contributed by atoms with van der Waals surface area (Å²) in [7, 11) is 1.58. The molecule has 0 saturated heterocycles. The van der Waals surface area contributed by atoms with Crippen molar-refractivity contribution in [3.63, 3.8) is 0 Å². The van der Waals surface area contributed by atoms with Crippen LogP contribution in [-0.4, -0.2) is 24.9 Å². The van der Waals surface area contributed by atoms with E-state index >= 15 is 0 Å². The van der Waals surface area contributed by atoms with Crippen LogP contribution in [-0.2, 0) is 4.79 Å². The van der Waals surface area contributed by atoms with Crippen LogP contribution in [0, 0.1) is 0 Å². The lowest BCUT2D eigenvalue weighted by Crippen LogP contribution is -2.32. The number of rotatable bonds is 8. The predicted octanol–water partition coefficient (Wildman–Crippen LogP) is 4.60. The number of hydrogen-bond donors (Lipinski definition) is 1. The normalized spacial score (nSPS) is 11.6. The third-order valence-corrected chi connectivity index (χ3v) is 4.40. The van der Waals surface area contributed by atoms with Crippen molar-refractivity contribution < 1.29 is 14.3 Å². The van der Waals surface area contributed by atoms with Gasteiger partial charge in [0.1, 0.15) is 0 Å². The van der Waals surface area contributed by atoms with Gasteiger partial charge in [-0.25, -0.2) is 0 Å². The van der Waals surface area contributed by atoms with Gasteiger partial charge in [-0.1, -0.05) is 38.1 Å². The standard InChI is InChI=1S/C19H23NO3S/c1-4-15(23-17-12-8-7-11-16(17)22-3)19(21)20-14-10-6-9-13-18(14)24-5-2/h6-13,15H,4-5H2,1-3H3,(H,20,21)/t15-/m0/s1. The van der Waals surface area contributed by atoms with Gasteiger partial charge in [0.15, 0.2) is 17.6 Å². The van der Waals surface area contributed by atoms with E-state index in [1.807, 2.05) is 49.4 Å². The van der Waals surface area contributed by atoms with Gasteiger partial charge in [-0.05, 0) is 36.4 Å². The van der Waals surface area contributed by atoms with Gasteiger partial charge in [0.2, 0.25) is 0 Å². The van der Waals surface area contributed by atoms with Gasteiger partial charge in [-0.2, -0.15) is 0 Å². The number of thioether (sulfide) groups is 1. The van der Waals surface area contributed by atoms with E-state index in [-0.39, 0.29) is 5.91 Å². The molecule has 2 rings (SSSR count). The number of methoxy groups -OCH3 is 1. The molecular formula is C19H23NO3S. The van der Waals surface area contributed by atoms with Gasteiger partial charge in [0, 0.05) is 4.90 Å². The molecular weight excluding hydrogens is 322 g/mol. The number of benzene rings is 2. The van der Waals surface area contributed by atoms with E-state index in [9.17, 15) is 4.79 Å². The maximum Gasteiger partial charge on any atom is 0.265 e. The van der Waals surface area contributed by atoms with Crippen molar-refractivity contribution in [3.05, 3.63) is 48.5 Å². The minimum Gasteiger partial charge on any atom is -0.493 e. The Hall–Kier alpha value is -2.14. The van der Waals surface area contributed by atoms with Crippen LogP contribution in [0.2, 0.25) is 0 Å². The first-order chi connectivity index (χ1) is 11.7. The molecule has 0 aromatic heterocycles. The summed E-state index contributed by atoms with van der Waals surface area (Å²) in [6.07, 6.45) is -0.0200. The third kappa shape index (κ3) is 4.68. The second-order valence-corrected chi connectivity index (χ2v) is 6.39. The molecule has 0 saturated carbocycles. The second-order valence-electron chi connectivity index (χ2n) is 5.08. The highest BCUT2D eigenvalue weighted by atomic mass is 32.2. The van der Waals surface area contributed by atoms with Gasteiger partial charge in [-0.15, -0.1) is 11.8 Å². The number of hydrogen-bond acceptors (Lipinski definition) is 4. The van der Waals surface area contributed by atoms with Crippen LogP contribution >= 0.6 is 11.8 Å². The van der Waals surface area contributed by atoms with Gasteiger partial charge in [0.05, 0.1) is 12.8 Å². The lowest BCUT2D eigenvalue weighted by atomic mass is 10.2. The van der Waals surface area contributed by atoms with Gasteiger partial charge in [-0.3, -0.25) is 4.79 Å². The second kappa shape index (κ2) is 9.23. The van der Waals surface area contributed by atoms with Crippen molar-refractivity contribution in [2.75, 3.05) is 18.2 Å². The Labute approximate surface area is 147 Å². The lowest BCUT2D eigenvalue weighted by Gasteiger charge is -2.19. The molecule has 0 unspecified atom stereocenters. The predicted molar refractivity (Wildman–Crippen MR) is 99.2 cm³/mol. The monoisotopic (exact) mass is 345 g/mol. The average molecular weight is 345 g/mol. The SMILES string of the molecule is CCSc1ccccc1NC(=O)[C@H](CC)Oc1ccccc1OC. The number of carbonyl (C=O) groups excluding carboxylic acids is 1. The largest absolute Gasteiger partial charge is 0.493 e. The Morgan fingerprint density at radius 2 is 1.75 bits per heavy atom. The van der Waals surface area contributed by atoms with Crippen LogP contribution in [0.1, 0.15) is 20.3 Å². The number of para-hydroxylation sites is 3. The first kappa shape index (κ1) is 18.2. The summed E-state index contributed by atoms with van der Waals surface area (Å²) < 4.78 is 11.2. The minimum absolute atomic E-state index is 0.160. The zero-order valence-electron chi connectivity index (χ0n) is 14.2.